The molecule has 0 spiro atoms. The fourth-order valence-corrected chi connectivity index (χ4v) is 8.74. The van der Waals surface area contributed by atoms with Gasteiger partial charge in [-0.05, 0) is 55.3 Å². The van der Waals surface area contributed by atoms with Crippen LogP contribution in [0.3, 0.4) is 0 Å². The molecule has 1 heterocycles. The lowest BCUT2D eigenvalue weighted by Gasteiger charge is -2.29. The van der Waals surface area contributed by atoms with Crippen LogP contribution >= 0.6 is 7.92 Å². The molecule has 8 nitrogen and oxygen atoms in total. The van der Waals surface area contributed by atoms with Gasteiger partial charge < -0.3 is 37.9 Å². The van der Waals surface area contributed by atoms with Crippen molar-refractivity contribution in [2.45, 2.75) is 25.6 Å². The third-order valence-electron chi connectivity index (χ3n) is 8.19. The summed E-state index contributed by atoms with van der Waals surface area (Å²) < 4.78 is 122. The van der Waals surface area contributed by atoms with Crippen LogP contribution in [0, 0.1) is 29.1 Å². The number of aryl methyl sites for hydroxylation is 1. The molecule has 0 amide bonds. The van der Waals surface area contributed by atoms with Crippen molar-refractivity contribution in [3.05, 3.63) is 83.2 Å². The van der Waals surface area contributed by atoms with Gasteiger partial charge in [0.25, 0.3) is 0 Å². The Bertz CT molecular complexity index is 1720. The topological polar surface area (TPSA) is 73.8 Å². The van der Waals surface area contributed by atoms with Crippen molar-refractivity contribution in [2.24, 2.45) is 0 Å². The lowest BCUT2D eigenvalue weighted by Crippen LogP contribution is -2.28. The van der Waals surface area contributed by atoms with E-state index in [-0.39, 0.29) is 23.9 Å². The summed E-state index contributed by atoms with van der Waals surface area (Å²) in [5.41, 5.74) is -1.14. The molecule has 0 aromatic heterocycles. The van der Waals surface area contributed by atoms with E-state index >= 15 is 8.78 Å². The van der Waals surface area contributed by atoms with Crippen LogP contribution in [0.2, 0.25) is 0 Å². The zero-order valence-corrected chi connectivity index (χ0v) is 29.2. The molecule has 0 radical (unpaired) electrons. The highest BCUT2D eigenvalue weighted by Crippen LogP contribution is 2.50. The van der Waals surface area contributed by atoms with E-state index in [2.05, 4.69) is 0 Å². The summed E-state index contributed by atoms with van der Waals surface area (Å²) in [6, 6.07) is 13.3. The van der Waals surface area contributed by atoms with Crippen LogP contribution in [-0.4, -0.2) is 61.3 Å². The summed E-state index contributed by atoms with van der Waals surface area (Å²) in [4.78, 5) is 0. The van der Waals surface area contributed by atoms with Gasteiger partial charge in [0.15, 0.2) is 35.8 Å². The smallest absolute Gasteiger partial charge is 0.200 e. The summed E-state index contributed by atoms with van der Waals surface area (Å²) in [5, 5.41) is 1.23. The lowest BCUT2D eigenvalue weighted by atomic mass is 9.97. The second-order valence-corrected chi connectivity index (χ2v) is 13.2. The maximum absolute atomic E-state index is 15.7. The maximum atomic E-state index is 15.7. The number of benzene rings is 4. The molecule has 1 aliphatic rings. The number of hydrogen-bond donors (Lipinski definition) is 0. The molecular weight excluding hydrogens is 686 g/mol. The van der Waals surface area contributed by atoms with Crippen LogP contribution in [0.15, 0.2) is 48.5 Å². The van der Waals surface area contributed by atoms with E-state index in [1.165, 1.54) is 41.6 Å². The molecule has 1 aliphatic heterocycles. The molecule has 268 valence electrons. The van der Waals surface area contributed by atoms with E-state index in [9.17, 15) is 13.2 Å². The van der Waals surface area contributed by atoms with Crippen molar-refractivity contribution >= 4 is 23.8 Å². The molecule has 4 aromatic carbocycles. The standard InChI is InChI=1S/C36H36F5O8P/c1-36(48-15-16-49-36)14-13-20-17-21(27-28(37)30(39)32(41)31(40)29(27)38)33(47-19-42-2)26(18-20)50(34-22(43-3)9-7-10-23(34)44-4)35-24(45-5)11-8-12-25(35)46-6/h7-12,17-18H,13-16,19H2,1-6H3. The van der Waals surface area contributed by atoms with Gasteiger partial charge in [-0.3, -0.25) is 0 Å². The van der Waals surface area contributed by atoms with Gasteiger partial charge in [-0.15, -0.1) is 0 Å². The summed E-state index contributed by atoms with van der Waals surface area (Å²) in [7, 11) is 5.15. The molecule has 0 unspecified atom stereocenters. The number of halogens is 5. The summed E-state index contributed by atoms with van der Waals surface area (Å²) in [6.07, 6.45) is 0.487. The first kappa shape index (κ1) is 37.1. The fraction of sp³-hybridized carbons (Fsp3) is 0.333. The second kappa shape index (κ2) is 15.8. The van der Waals surface area contributed by atoms with Crippen LogP contribution in [0.25, 0.3) is 11.1 Å². The van der Waals surface area contributed by atoms with E-state index in [0.717, 1.165) is 0 Å². The third kappa shape index (κ3) is 7.05. The van der Waals surface area contributed by atoms with Crippen molar-refractivity contribution in [1.82, 2.24) is 0 Å². The van der Waals surface area contributed by atoms with Gasteiger partial charge in [-0.25, -0.2) is 22.0 Å². The molecule has 50 heavy (non-hydrogen) atoms. The van der Waals surface area contributed by atoms with Crippen molar-refractivity contribution in [2.75, 3.05) is 55.6 Å². The van der Waals surface area contributed by atoms with Gasteiger partial charge in [0.1, 0.15) is 28.7 Å². The van der Waals surface area contributed by atoms with Crippen LogP contribution < -0.4 is 39.6 Å². The number of rotatable bonds is 14. The quantitative estimate of drug-likeness (QED) is 0.0480. The average Bonchev–Trinajstić information content (AvgIpc) is 3.58. The van der Waals surface area contributed by atoms with Crippen LogP contribution in [0.5, 0.6) is 28.7 Å². The number of methoxy groups -OCH3 is 5. The van der Waals surface area contributed by atoms with E-state index in [1.807, 2.05) is 0 Å². The van der Waals surface area contributed by atoms with Gasteiger partial charge in [0.2, 0.25) is 5.82 Å². The predicted octanol–water partition coefficient (Wildman–Crippen LogP) is 6.52. The van der Waals surface area contributed by atoms with Crippen LogP contribution in [0.1, 0.15) is 18.9 Å². The molecule has 0 saturated carbocycles. The van der Waals surface area contributed by atoms with Crippen LogP contribution in [0.4, 0.5) is 22.0 Å². The number of hydrogen-bond acceptors (Lipinski definition) is 8. The Balaban J connectivity index is 1.96. The second-order valence-electron chi connectivity index (χ2n) is 11.2. The van der Waals surface area contributed by atoms with Crippen molar-refractivity contribution in [3.63, 3.8) is 0 Å². The van der Waals surface area contributed by atoms with E-state index in [1.54, 1.807) is 49.4 Å². The Kier molecular flexibility index (Phi) is 11.7. The Morgan fingerprint density at radius 3 is 1.58 bits per heavy atom. The zero-order valence-electron chi connectivity index (χ0n) is 28.3. The van der Waals surface area contributed by atoms with Crippen molar-refractivity contribution in [3.8, 4) is 39.9 Å². The highest BCUT2D eigenvalue weighted by Gasteiger charge is 2.37. The summed E-state index contributed by atoms with van der Waals surface area (Å²) >= 11 is 0. The molecule has 4 aromatic rings. The molecule has 1 fully saturated rings. The van der Waals surface area contributed by atoms with E-state index in [4.69, 9.17) is 37.9 Å². The Morgan fingerprint density at radius 1 is 0.680 bits per heavy atom. The molecular formula is C36H36F5O8P. The van der Waals surface area contributed by atoms with Crippen LogP contribution in [-0.2, 0) is 20.6 Å². The van der Waals surface area contributed by atoms with Gasteiger partial charge in [0.05, 0.1) is 57.8 Å². The van der Waals surface area contributed by atoms with Crippen molar-refractivity contribution < 1.29 is 59.8 Å². The molecule has 14 heteroatoms. The Morgan fingerprint density at radius 2 is 1.14 bits per heavy atom. The SMILES string of the molecule is COCOc1c(-c2c(F)c(F)c(F)c(F)c2F)cc(CCC2(C)OCCO2)cc1P(c1c(OC)cccc1OC)c1c(OC)cccc1OC. The minimum atomic E-state index is -2.29. The molecule has 0 N–H and O–H groups in total. The average molecular weight is 723 g/mol. The van der Waals surface area contributed by atoms with Gasteiger partial charge >= 0.3 is 0 Å². The van der Waals surface area contributed by atoms with Gasteiger partial charge in [0, 0.05) is 32.3 Å². The lowest BCUT2D eigenvalue weighted by molar-refractivity contribution is -0.146. The summed E-state index contributed by atoms with van der Waals surface area (Å²) in [6.45, 7) is 2.04. The largest absolute Gasteiger partial charge is 0.496 e. The molecule has 0 aliphatic carbocycles. The van der Waals surface area contributed by atoms with Gasteiger partial charge in [-0.1, -0.05) is 12.1 Å². The normalized spacial score (nSPS) is 13.8. The first-order chi connectivity index (χ1) is 24.0. The minimum absolute atomic E-state index is 0.200. The number of ether oxygens (including phenoxy) is 8. The third-order valence-corrected chi connectivity index (χ3v) is 10.8. The Labute approximate surface area is 287 Å². The molecule has 5 rings (SSSR count). The first-order valence-electron chi connectivity index (χ1n) is 15.3. The highest BCUT2D eigenvalue weighted by atomic mass is 31.1. The first-order valence-corrected chi connectivity index (χ1v) is 16.7. The molecule has 1 saturated heterocycles. The fourth-order valence-electron chi connectivity index (χ4n) is 5.81. The Hall–Kier alpha value is -4.16. The summed E-state index contributed by atoms with van der Waals surface area (Å²) in [5.74, 6) is -10.3. The van der Waals surface area contributed by atoms with Gasteiger partial charge in [-0.2, -0.15) is 0 Å². The minimum Gasteiger partial charge on any atom is -0.496 e. The molecule has 0 atom stereocenters. The van der Waals surface area contributed by atoms with E-state index in [0.29, 0.717) is 52.4 Å². The van der Waals surface area contributed by atoms with E-state index < -0.39 is 60.7 Å². The monoisotopic (exact) mass is 722 g/mol. The molecule has 0 bridgehead atoms. The maximum Gasteiger partial charge on any atom is 0.200 e. The highest BCUT2D eigenvalue weighted by molar-refractivity contribution is 7.80. The van der Waals surface area contributed by atoms with Crippen molar-refractivity contribution in [1.29, 1.82) is 0 Å². The predicted molar refractivity (Wildman–Crippen MR) is 178 cm³/mol. The zero-order chi connectivity index (χ0) is 36.2.